The number of tetrazole rings is 1. The number of likely N-dealkylation sites (tertiary alicyclic amines) is 1. The molecule has 2 heterocycles. The monoisotopic (exact) mass is 287 g/mol. The zero-order chi connectivity index (χ0) is 14.8. The fraction of sp³-hybridized carbons (Fsp3) is 0.533. The summed E-state index contributed by atoms with van der Waals surface area (Å²) in [5.41, 5.74) is 3.36. The Labute approximate surface area is 124 Å². The maximum absolute atomic E-state index is 9.78. The average molecular weight is 287 g/mol. The molecule has 1 N–H and O–H groups in total. The molecule has 1 fully saturated rings. The van der Waals surface area contributed by atoms with Crippen LogP contribution in [0.25, 0.3) is 5.69 Å². The fourth-order valence-electron chi connectivity index (χ4n) is 2.99. The molecule has 1 saturated heterocycles. The summed E-state index contributed by atoms with van der Waals surface area (Å²) in [4.78, 5) is 2.21. The number of piperidine rings is 1. The molecule has 1 atom stereocenters. The minimum absolute atomic E-state index is 0.233. The lowest BCUT2D eigenvalue weighted by Crippen LogP contribution is -2.38. The summed E-state index contributed by atoms with van der Waals surface area (Å²) in [7, 11) is 0. The zero-order valence-electron chi connectivity index (χ0n) is 12.5. The van der Waals surface area contributed by atoms with Gasteiger partial charge in [-0.1, -0.05) is 18.2 Å². The van der Waals surface area contributed by atoms with E-state index in [0.717, 1.165) is 42.0 Å². The fourth-order valence-corrected chi connectivity index (χ4v) is 2.99. The van der Waals surface area contributed by atoms with E-state index < -0.39 is 0 Å². The molecule has 2 aromatic rings. The van der Waals surface area contributed by atoms with Crippen molar-refractivity contribution >= 4 is 0 Å². The van der Waals surface area contributed by atoms with Gasteiger partial charge in [0, 0.05) is 6.54 Å². The van der Waals surface area contributed by atoms with E-state index in [1.165, 1.54) is 0 Å². The van der Waals surface area contributed by atoms with Crippen molar-refractivity contribution in [2.45, 2.75) is 39.3 Å². The number of rotatable bonds is 3. The molecule has 6 nitrogen and oxygen atoms in total. The number of aliphatic hydroxyl groups excluding tert-OH is 1. The van der Waals surface area contributed by atoms with Crippen molar-refractivity contribution in [3.8, 4) is 5.69 Å². The van der Waals surface area contributed by atoms with Gasteiger partial charge in [-0.3, -0.25) is 4.90 Å². The first-order valence-corrected chi connectivity index (χ1v) is 7.39. The van der Waals surface area contributed by atoms with Crippen LogP contribution in [-0.4, -0.2) is 49.4 Å². The van der Waals surface area contributed by atoms with Gasteiger partial charge in [-0.2, -0.15) is 4.68 Å². The van der Waals surface area contributed by atoms with Crippen LogP contribution in [0.4, 0.5) is 0 Å². The van der Waals surface area contributed by atoms with Crippen LogP contribution in [0.2, 0.25) is 0 Å². The molecule has 1 aromatic heterocycles. The maximum atomic E-state index is 9.78. The summed E-state index contributed by atoms with van der Waals surface area (Å²) in [6.07, 6.45) is 1.67. The van der Waals surface area contributed by atoms with Crippen LogP contribution in [-0.2, 0) is 6.54 Å². The predicted molar refractivity (Wildman–Crippen MR) is 79.1 cm³/mol. The second-order valence-electron chi connectivity index (χ2n) is 5.78. The van der Waals surface area contributed by atoms with Crippen molar-refractivity contribution < 1.29 is 5.11 Å². The van der Waals surface area contributed by atoms with E-state index in [9.17, 15) is 5.11 Å². The van der Waals surface area contributed by atoms with Gasteiger partial charge < -0.3 is 5.11 Å². The van der Waals surface area contributed by atoms with Gasteiger partial charge >= 0.3 is 0 Å². The molecule has 1 unspecified atom stereocenters. The number of nitrogens with zero attached hydrogens (tertiary/aromatic N) is 5. The van der Waals surface area contributed by atoms with Gasteiger partial charge in [0.05, 0.1) is 18.3 Å². The predicted octanol–water partition coefficient (Wildman–Crippen LogP) is 1.24. The molecular formula is C15H21N5O. The SMILES string of the molecule is Cc1cccc(C)c1-n1nnnc1CN1CCCC(O)C1. The average Bonchev–Trinajstić information content (AvgIpc) is 2.87. The van der Waals surface area contributed by atoms with Crippen molar-refractivity contribution in [2.24, 2.45) is 0 Å². The summed E-state index contributed by atoms with van der Waals surface area (Å²) in [5, 5.41) is 22.0. The quantitative estimate of drug-likeness (QED) is 0.920. The highest BCUT2D eigenvalue weighted by atomic mass is 16.3. The Morgan fingerprint density at radius 3 is 2.76 bits per heavy atom. The third-order valence-electron chi connectivity index (χ3n) is 4.03. The van der Waals surface area contributed by atoms with E-state index in [2.05, 4.69) is 46.4 Å². The summed E-state index contributed by atoms with van der Waals surface area (Å²) in [5.74, 6) is 0.821. The Morgan fingerprint density at radius 1 is 1.29 bits per heavy atom. The van der Waals surface area contributed by atoms with Crippen LogP contribution in [0.3, 0.4) is 0 Å². The largest absolute Gasteiger partial charge is 0.392 e. The first-order valence-electron chi connectivity index (χ1n) is 7.39. The second-order valence-corrected chi connectivity index (χ2v) is 5.78. The molecule has 21 heavy (non-hydrogen) atoms. The lowest BCUT2D eigenvalue weighted by molar-refractivity contribution is 0.0651. The number of hydrogen-bond acceptors (Lipinski definition) is 5. The van der Waals surface area contributed by atoms with Gasteiger partial charge in [0.2, 0.25) is 0 Å². The first-order chi connectivity index (χ1) is 10.1. The molecule has 6 heteroatoms. The molecule has 112 valence electrons. The second kappa shape index (κ2) is 5.91. The van der Waals surface area contributed by atoms with E-state index in [1.54, 1.807) is 0 Å². The van der Waals surface area contributed by atoms with Crippen LogP contribution in [0.5, 0.6) is 0 Å². The van der Waals surface area contributed by atoms with E-state index in [4.69, 9.17) is 0 Å². The molecule has 1 aliphatic rings. The minimum atomic E-state index is -0.233. The van der Waals surface area contributed by atoms with Gasteiger partial charge in [0.25, 0.3) is 0 Å². The lowest BCUT2D eigenvalue weighted by Gasteiger charge is -2.29. The molecule has 0 aliphatic carbocycles. The van der Waals surface area contributed by atoms with E-state index in [-0.39, 0.29) is 6.10 Å². The summed E-state index contributed by atoms with van der Waals surface area (Å²) in [6, 6.07) is 6.18. The number of β-amino-alcohol motifs (C(OH)–C–C–N with tert-alkyl or cyclic N) is 1. The molecule has 0 saturated carbocycles. The zero-order valence-corrected chi connectivity index (χ0v) is 12.5. The summed E-state index contributed by atoms with van der Waals surface area (Å²) in [6.45, 7) is 6.48. The van der Waals surface area contributed by atoms with Gasteiger partial charge in [-0.15, -0.1) is 5.10 Å². The molecule has 1 aromatic carbocycles. The Kier molecular flexibility index (Phi) is 3.98. The molecule has 0 bridgehead atoms. The molecule has 0 spiro atoms. The molecule has 0 radical (unpaired) electrons. The van der Waals surface area contributed by atoms with Crippen LogP contribution >= 0.6 is 0 Å². The Hall–Kier alpha value is -1.79. The Bertz CT molecular complexity index is 604. The van der Waals surface area contributed by atoms with Crippen LogP contribution in [0.15, 0.2) is 18.2 Å². The summed E-state index contributed by atoms with van der Waals surface area (Å²) >= 11 is 0. The summed E-state index contributed by atoms with van der Waals surface area (Å²) < 4.78 is 1.83. The van der Waals surface area contributed by atoms with Crippen LogP contribution in [0, 0.1) is 13.8 Å². The van der Waals surface area contributed by atoms with E-state index >= 15 is 0 Å². The number of aliphatic hydroxyl groups is 1. The van der Waals surface area contributed by atoms with Gasteiger partial charge in [-0.05, 0) is 54.8 Å². The molecule has 0 amide bonds. The smallest absolute Gasteiger partial charge is 0.170 e. The van der Waals surface area contributed by atoms with Gasteiger partial charge in [-0.25, -0.2) is 0 Å². The Morgan fingerprint density at radius 2 is 2.05 bits per heavy atom. The van der Waals surface area contributed by atoms with Crippen molar-refractivity contribution in [2.75, 3.05) is 13.1 Å². The van der Waals surface area contributed by atoms with Crippen molar-refractivity contribution in [3.05, 3.63) is 35.2 Å². The third kappa shape index (κ3) is 2.96. The third-order valence-corrected chi connectivity index (χ3v) is 4.03. The highest BCUT2D eigenvalue weighted by molar-refractivity contribution is 5.46. The number of aromatic nitrogens is 4. The lowest BCUT2D eigenvalue weighted by atomic mass is 10.1. The minimum Gasteiger partial charge on any atom is -0.392 e. The first kappa shape index (κ1) is 14.2. The van der Waals surface area contributed by atoms with Gasteiger partial charge in [0.15, 0.2) is 5.82 Å². The van der Waals surface area contributed by atoms with E-state index in [1.807, 2.05) is 10.7 Å². The number of aryl methyl sites for hydroxylation is 2. The highest BCUT2D eigenvalue weighted by Gasteiger charge is 2.21. The van der Waals surface area contributed by atoms with Crippen molar-refractivity contribution in [1.82, 2.24) is 25.1 Å². The highest BCUT2D eigenvalue weighted by Crippen LogP contribution is 2.20. The van der Waals surface area contributed by atoms with E-state index in [0.29, 0.717) is 13.1 Å². The maximum Gasteiger partial charge on any atom is 0.170 e. The number of benzene rings is 1. The molecule has 1 aliphatic heterocycles. The topological polar surface area (TPSA) is 67.1 Å². The number of hydrogen-bond donors (Lipinski definition) is 1. The normalized spacial score (nSPS) is 19.9. The van der Waals surface area contributed by atoms with Crippen molar-refractivity contribution in [1.29, 1.82) is 0 Å². The van der Waals surface area contributed by atoms with Crippen LogP contribution < -0.4 is 0 Å². The van der Waals surface area contributed by atoms with Crippen LogP contribution in [0.1, 0.15) is 29.8 Å². The van der Waals surface area contributed by atoms with Gasteiger partial charge in [0.1, 0.15) is 0 Å². The Balaban J connectivity index is 1.87. The molecular weight excluding hydrogens is 266 g/mol. The number of para-hydroxylation sites is 1. The standard InChI is InChI=1S/C15H21N5O/c1-11-5-3-6-12(2)15(11)20-14(16-17-18-20)10-19-8-4-7-13(21)9-19/h3,5-6,13,21H,4,7-10H2,1-2H3. The van der Waals surface area contributed by atoms with Crippen molar-refractivity contribution in [3.63, 3.8) is 0 Å². The molecule has 3 rings (SSSR count).